The van der Waals surface area contributed by atoms with E-state index in [1.165, 1.54) is 0 Å². The molecule has 0 radical (unpaired) electrons. The fraction of sp³-hybridized carbons (Fsp3) is 0.643. The van der Waals surface area contributed by atoms with Crippen molar-refractivity contribution in [3.05, 3.63) is 17.0 Å². The van der Waals surface area contributed by atoms with E-state index in [9.17, 15) is 4.79 Å². The zero-order chi connectivity index (χ0) is 15.1. The number of carbonyl (C=O) groups is 1. The van der Waals surface area contributed by atoms with Crippen molar-refractivity contribution in [3.63, 3.8) is 0 Å². The highest BCUT2D eigenvalue weighted by molar-refractivity contribution is 6.29. The molecule has 0 unspecified atom stereocenters. The number of hydrogen-bond donors (Lipinski definition) is 0. The average Bonchev–Trinajstić information content (AvgIpc) is 2.35. The van der Waals surface area contributed by atoms with Crippen molar-refractivity contribution in [2.24, 2.45) is 0 Å². The molecule has 0 N–H and O–H groups in total. The van der Waals surface area contributed by atoms with Crippen molar-refractivity contribution >= 4 is 23.3 Å². The lowest BCUT2D eigenvalue weighted by molar-refractivity contribution is -0.136. The van der Waals surface area contributed by atoms with Crippen LogP contribution >= 0.6 is 11.6 Å². The number of anilines is 1. The third-order valence-corrected chi connectivity index (χ3v) is 3.89. The first-order valence-corrected chi connectivity index (χ1v) is 7.19. The van der Waals surface area contributed by atoms with Crippen LogP contribution in [0, 0.1) is 0 Å². The fourth-order valence-electron chi connectivity index (χ4n) is 2.43. The van der Waals surface area contributed by atoms with Gasteiger partial charge >= 0.3 is 0 Å². The third kappa shape index (κ3) is 2.59. The standard InChI is InChI=1S/C14H21ClN4O/c1-9(2)12-16-10(15)8-11(17-12)19-7-6-18(5)13(20)14(19,3)4/h8-9H,6-7H2,1-5H3. The second kappa shape index (κ2) is 5.20. The molecule has 1 amide bonds. The monoisotopic (exact) mass is 296 g/mol. The number of halogens is 1. The molecule has 2 heterocycles. The predicted molar refractivity (Wildman–Crippen MR) is 80.2 cm³/mol. The highest BCUT2D eigenvalue weighted by atomic mass is 35.5. The maximum atomic E-state index is 12.3. The second-order valence-electron chi connectivity index (χ2n) is 6.00. The van der Waals surface area contributed by atoms with Crippen molar-refractivity contribution in [3.8, 4) is 0 Å². The first-order chi connectivity index (χ1) is 9.23. The molecule has 1 fully saturated rings. The van der Waals surface area contributed by atoms with E-state index in [2.05, 4.69) is 9.97 Å². The molecular weight excluding hydrogens is 276 g/mol. The van der Waals surface area contributed by atoms with Crippen LogP contribution in [0.15, 0.2) is 6.07 Å². The van der Waals surface area contributed by atoms with Gasteiger partial charge in [0.1, 0.15) is 22.3 Å². The molecule has 0 spiro atoms. The molecule has 1 aromatic heterocycles. The molecule has 1 aliphatic heterocycles. The van der Waals surface area contributed by atoms with Gasteiger partial charge in [0.25, 0.3) is 0 Å². The number of carbonyl (C=O) groups excluding carboxylic acids is 1. The quantitative estimate of drug-likeness (QED) is 0.786. The Bertz CT molecular complexity index is 530. The van der Waals surface area contributed by atoms with Gasteiger partial charge in [-0.05, 0) is 13.8 Å². The Morgan fingerprint density at radius 1 is 1.30 bits per heavy atom. The van der Waals surface area contributed by atoms with Crippen LogP contribution in [0.3, 0.4) is 0 Å². The predicted octanol–water partition coefficient (Wildman–Crippen LogP) is 2.31. The van der Waals surface area contributed by atoms with Gasteiger partial charge in [-0.3, -0.25) is 4.79 Å². The van der Waals surface area contributed by atoms with E-state index >= 15 is 0 Å². The fourth-order valence-corrected chi connectivity index (χ4v) is 2.62. The Kier molecular flexibility index (Phi) is 3.91. The molecule has 0 atom stereocenters. The molecule has 1 saturated heterocycles. The van der Waals surface area contributed by atoms with Gasteiger partial charge in [0.05, 0.1) is 0 Å². The Balaban J connectivity index is 2.43. The van der Waals surface area contributed by atoms with E-state index in [-0.39, 0.29) is 11.8 Å². The van der Waals surface area contributed by atoms with E-state index < -0.39 is 5.54 Å². The van der Waals surface area contributed by atoms with Gasteiger partial charge in [-0.25, -0.2) is 9.97 Å². The normalized spacial score (nSPS) is 18.9. The summed E-state index contributed by atoms with van der Waals surface area (Å²) in [6.45, 7) is 9.29. The Morgan fingerprint density at radius 3 is 2.55 bits per heavy atom. The number of aromatic nitrogens is 2. The van der Waals surface area contributed by atoms with Crippen molar-refractivity contribution in [2.75, 3.05) is 25.0 Å². The van der Waals surface area contributed by atoms with Gasteiger partial charge in [0.2, 0.25) is 5.91 Å². The van der Waals surface area contributed by atoms with Gasteiger partial charge in [-0.2, -0.15) is 0 Å². The van der Waals surface area contributed by atoms with E-state index in [4.69, 9.17) is 11.6 Å². The summed E-state index contributed by atoms with van der Waals surface area (Å²) in [6, 6.07) is 1.73. The number of amides is 1. The summed E-state index contributed by atoms with van der Waals surface area (Å²) < 4.78 is 0. The Hall–Kier alpha value is -1.36. The van der Waals surface area contributed by atoms with Crippen molar-refractivity contribution in [1.82, 2.24) is 14.9 Å². The summed E-state index contributed by atoms with van der Waals surface area (Å²) in [7, 11) is 1.83. The lowest BCUT2D eigenvalue weighted by Crippen LogP contribution is -2.62. The molecule has 0 aromatic carbocycles. The minimum absolute atomic E-state index is 0.0876. The molecule has 0 saturated carbocycles. The molecule has 1 aliphatic rings. The lowest BCUT2D eigenvalue weighted by Gasteiger charge is -2.45. The van der Waals surface area contributed by atoms with Crippen LogP contribution in [0.4, 0.5) is 5.82 Å². The number of piperazine rings is 1. The molecular formula is C14H21ClN4O. The first-order valence-electron chi connectivity index (χ1n) is 6.81. The summed E-state index contributed by atoms with van der Waals surface area (Å²) >= 11 is 6.10. The van der Waals surface area contributed by atoms with Crippen molar-refractivity contribution < 1.29 is 4.79 Å². The van der Waals surface area contributed by atoms with Crippen molar-refractivity contribution in [2.45, 2.75) is 39.2 Å². The topological polar surface area (TPSA) is 49.3 Å². The van der Waals surface area contributed by atoms with Crippen LogP contribution < -0.4 is 4.90 Å². The number of rotatable bonds is 2. The van der Waals surface area contributed by atoms with Crippen LogP contribution in [-0.2, 0) is 4.79 Å². The number of hydrogen-bond acceptors (Lipinski definition) is 4. The Morgan fingerprint density at radius 2 is 1.95 bits per heavy atom. The minimum Gasteiger partial charge on any atom is -0.342 e. The zero-order valence-corrected chi connectivity index (χ0v) is 13.4. The van der Waals surface area contributed by atoms with Crippen LogP contribution in [0.2, 0.25) is 5.15 Å². The number of likely N-dealkylation sites (N-methyl/N-ethyl adjacent to an activating group) is 1. The smallest absolute Gasteiger partial charge is 0.247 e. The zero-order valence-electron chi connectivity index (χ0n) is 12.6. The van der Waals surface area contributed by atoms with Crippen molar-refractivity contribution in [1.29, 1.82) is 0 Å². The minimum atomic E-state index is -0.626. The van der Waals surface area contributed by atoms with Crippen LogP contribution in [0.25, 0.3) is 0 Å². The summed E-state index contributed by atoms with van der Waals surface area (Å²) in [4.78, 5) is 24.9. The number of nitrogens with zero attached hydrogens (tertiary/aromatic N) is 4. The van der Waals surface area contributed by atoms with Gasteiger partial charge in [0, 0.05) is 32.1 Å². The van der Waals surface area contributed by atoms with E-state index in [1.807, 2.05) is 39.6 Å². The second-order valence-corrected chi connectivity index (χ2v) is 6.39. The third-order valence-electron chi connectivity index (χ3n) is 3.70. The maximum Gasteiger partial charge on any atom is 0.247 e. The molecule has 0 bridgehead atoms. The van der Waals surface area contributed by atoms with Gasteiger partial charge in [0.15, 0.2) is 0 Å². The SMILES string of the molecule is CC(C)c1nc(Cl)cc(N2CCN(C)C(=O)C2(C)C)n1. The van der Waals surface area contributed by atoms with E-state index in [0.29, 0.717) is 17.5 Å². The summed E-state index contributed by atoms with van der Waals surface area (Å²) in [5.41, 5.74) is -0.626. The Labute approximate surface area is 124 Å². The van der Waals surface area contributed by atoms with Gasteiger partial charge in [-0.1, -0.05) is 25.4 Å². The largest absolute Gasteiger partial charge is 0.342 e. The summed E-state index contributed by atoms with van der Waals surface area (Å²) in [5.74, 6) is 1.71. The average molecular weight is 297 g/mol. The highest BCUT2D eigenvalue weighted by Crippen LogP contribution is 2.29. The summed E-state index contributed by atoms with van der Waals surface area (Å²) in [5, 5.41) is 0.417. The van der Waals surface area contributed by atoms with Gasteiger partial charge < -0.3 is 9.80 Å². The lowest BCUT2D eigenvalue weighted by atomic mass is 9.98. The van der Waals surface area contributed by atoms with E-state index in [1.54, 1.807) is 11.0 Å². The van der Waals surface area contributed by atoms with E-state index in [0.717, 1.165) is 12.4 Å². The van der Waals surface area contributed by atoms with Crippen LogP contribution in [-0.4, -0.2) is 46.5 Å². The van der Waals surface area contributed by atoms with Gasteiger partial charge in [-0.15, -0.1) is 0 Å². The molecule has 0 aliphatic carbocycles. The first kappa shape index (κ1) is 15.0. The molecule has 6 heteroatoms. The molecule has 5 nitrogen and oxygen atoms in total. The maximum absolute atomic E-state index is 12.3. The highest BCUT2D eigenvalue weighted by Gasteiger charge is 2.41. The molecule has 2 rings (SSSR count). The molecule has 1 aromatic rings. The summed E-state index contributed by atoms with van der Waals surface area (Å²) in [6.07, 6.45) is 0. The molecule has 20 heavy (non-hydrogen) atoms. The van der Waals surface area contributed by atoms with Crippen LogP contribution in [0.5, 0.6) is 0 Å². The van der Waals surface area contributed by atoms with Crippen LogP contribution in [0.1, 0.15) is 39.4 Å². The molecule has 110 valence electrons.